The van der Waals surface area contributed by atoms with Gasteiger partial charge in [-0.05, 0) is 0 Å². The van der Waals surface area contributed by atoms with Crippen LogP contribution in [0.5, 0.6) is 0 Å². The number of aromatic nitrogens is 4. The van der Waals surface area contributed by atoms with Gasteiger partial charge < -0.3 is 25.4 Å². The molecule has 9 nitrogen and oxygen atoms in total. The number of hydrogen-bond donors (Lipinski definition) is 5. The van der Waals surface area contributed by atoms with Crippen molar-refractivity contribution in [3.8, 4) is 0 Å². The molecule has 1 aliphatic heterocycles. The molecule has 3 rings (SSSR count). The highest BCUT2D eigenvalue weighted by Gasteiger charge is 2.43. The Morgan fingerprint density at radius 3 is 2.77 bits per heavy atom. The van der Waals surface area contributed by atoms with E-state index in [1.165, 1.54) is 17.2 Å². The van der Waals surface area contributed by atoms with E-state index in [4.69, 9.17) is 9.84 Å². The largest absolute Gasteiger partial charge is 0.394 e. The molecule has 0 radical (unpaired) electrons. The van der Waals surface area contributed by atoms with Crippen LogP contribution in [-0.2, 0) is 4.74 Å². The van der Waals surface area contributed by atoms with Crippen molar-refractivity contribution < 1.29 is 20.1 Å². The molecule has 0 aliphatic carbocycles. The monoisotopic (exact) mass is 327 g/mol. The Balaban J connectivity index is 1.95. The Morgan fingerprint density at radius 1 is 1.27 bits per heavy atom. The van der Waals surface area contributed by atoms with Crippen LogP contribution in [0.2, 0.25) is 0 Å². The molecule has 4 N–H and O–H groups in total. The van der Waals surface area contributed by atoms with E-state index >= 15 is 0 Å². The minimum absolute atomic E-state index is 0.384. The fraction of sp³-hybridized carbons (Fsp3) is 0.583. The summed E-state index contributed by atoms with van der Waals surface area (Å²) in [5.41, 5.74) is 0.994. The van der Waals surface area contributed by atoms with Gasteiger partial charge in [0.25, 0.3) is 0 Å². The minimum Gasteiger partial charge on any atom is -0.394 e. The number of ether oxygens (including phenoxy) is 1. The Morgan fingerprint density at radius 2 is 2.09 bits per heavy atom. The molecule has 10 heteroatoms. The fourth-order valence-electron chi connectivity index (χ4n) is 2.45. The molecule has 120 valence electrons. The van der Waals surface area contributed by atoms with Crippen molar-refractivity contribution in [1.29, 1.82) is 0 Å². The summed E-state index contributed by atoms with van der Waals surface area (Å²) in [5.74, 6) is 1.20. The SMILES string of the molecule is OC[C@H]1O[C@@H](n2cnc3c(NCCS)ncnc32)C(O)C1O. The quantitative estimate of drug-likeness (QED) is 0.433. The van der Waals surface area contributed by atoms with Gasteiger partial charge in [0.15, 0.2) is 23.2 Å². The van der Waals surface area contributed by atoms with Gasteiger partial charge in [-0.15, -0.1) is 0 Å². The second kappa shape index (κ2) is 6.34. The Hall–Kier alpha value is -1.46. The molecule has 4 atom stereocenters. The highest BCUT2D eigenvalue weighted by Crippen LogP contribution is 2.31. The third kappa shape index (κ3) is 2.52. The lowest BCUT2D eigenvalue weighted by molar-refractivity contribution is -0.0511. The van der Waals surface area contributed by atoms with Gasteiger partial charge in [0.05, 0.1) is 12.9 Å². The maximum Gasteiger partial charge on any atom is 0.167 e. The zero-order chi connectivity index (χ0) is 15.7. The standard InChI is InChI=1S/C12H17N5O4S/c18-3-6-8(19)9(20)12(21-6)17-5-16-7-10(13-1-2-22)14-4-15-11(7)17/h4-6,8-9,12,18-20,22H,1-3H2,(H,13,14,15)/t6-,8?,9?,12-/m1/s1. The van der Waals surface area contributed by atoms with Crippen molar-refractivity contribution in [3.05, 3.63) is 12.7 Å². The zero-order valence-electron chi connectivity index (χ0n) is 11.6. The third-order valence-corrected chi connectivity index (χ3v) is 3.78. The number of aliphatic hydroxyl groups is 3. The maximum absolute atomic E-state index is 10.1. The number of rotatable bonds is 5. The molecule has 1 aliphatic rings. The van der Waals surface area contributed by atoms with Crippen molar-refractivity contribution in [2.45, 2.75) is 24.5 Å². The van der Waals surface area contributed by atoms with Gasteiger partial charge in [0, 0.05) is 12.3 Å². The molecule has 2 unspecified atom stereocenters. The van der Waals surface area contributed by atoms with Gasteiger partial charge in [0.1, 0.15) is 24.6 Å². The molecule has 0 aromatic carbocycles. The van der Waals surface area contributed by atoms with E-state index < -0.39 is 24.5 Å². The lowest BCUT2D eigenvalue weighted by Crippen LogP contribution is -2.33. The van der Waals surface area contributed by atoms with E-state index in [0.29, 0.717) is 29.3 Å². The first kappa shape index (κ1) is 15.4. The smallest absolute Gasteiger partial charge is 0.167 e. The van der Waals surface area contributed by atoms with E-state index in [9.17, 15) is 10.2 Å². The summed E-state index contributed by atoms with van der Waals surface area (Å²) in [4.78, 5) is 12.5. The second-order valence-electron chi connectivity index (χ2n) is 4.93. The molecule has 0 amide bonds. The molecule has 3 heterocycles. The molecule has 0 spiro atoms. The highest BCUT2D eigenvalue weighted by atomic mass is 32.1. The van der Waals surface area contributed by atoms with Crippen LogP contribution in [0.15, 0.2) is 12.7 Å². The number of hydrogen-bond acceptors (Lipinski definition) is 9. The summed E-state index contributed by atoms with van der Waals surface area (Å²) in [6, 6.07) is 0. The lowest BCUT2D eigenvalue weighted by atomic mass is 10.1. The van der Waals surface area contributed by atoms with E-state index in [2.05, 4.69) is 32.9 Å². The van der Waals surface area contributed by atoms with E-state index in [1.807, 2.05) is 0 Å². The van der Waals surface area contributed by atoms with Gasteiger partial charge in [-0.1, -0.05) is 0 Å². The van der Waals surface area contributed by atoms with Crippen molar-refractivity contribution in [1.82, 2.24) is 19.5 Å². The summed E-state index contributed by atoms with van der Waals surface area (Å²) in [6.07, 6.45) is -1.23. The average molecular weight is 327 g/mol. The van der Waals surface area contributed by atoms with Crippen molar-refractivity contribution >= 4 is 29.6 Å². The van der Waals surface area contributed by atoms with Crippen LogP contribution in [0.1, 0.15) is 6.23 Å². The molecule has 2 aromatic rings. The Labute approximate surface area is 131 Å². The number of fused-ring (bicyclic) bond motifs is 1. The summed E-state index contributed by atoms with van der Waals surface area (Å²) in [5, 5.41) is 32.2. The third-order valence-electron chi connectivity index (χ3n) is 3.55. The molecule has 0 saturated carbocycles. The summed E-state index contributed by atoms with van der Waals surface area (Å²) < 4.78 is 7.01. The maximum atomic E-state index is 10.1. The van der Waals surface area contributed by atoms with Gasteiger partial charge in [0.2, 0.25) is 0 Å². The van der Waals surface area contributed by atoms with Crippen LogP contribution in [0.4, 0.5) is 5.82 Å². The molecule has 22 heavy (non-hydrogen) atoms. The normalized spacial score (nSPS) is 28.4. The van der Waals surface area contributed by atoms with Crippen LogP contribution in [0.25, 0.3) is 11.2 Å². The first-order chi connectivity index (χ1) is 10.7. The van der Waals surface area contributed by atoms with Gasteiger partial charge in [-0.25, -0.2) is 15.0 Å². The topological polar surface area (TPSA) is 126 Å². The molecular weight excluding hydrogens is 310 g/mol. The summed E-state index contributed by atoms with van der Waals surface area (Å²) in [7, 11) is 0. The van der Waals surface area contributed by atoms with Crippen molar-refractivity contribution in [2.24, 2.45) is 0 Å². The molecular formula is C12H17N5O4S. The number of thiol groups is 1. The fourth-order valence-corrected chi connectivity index (χ4v) is 2.56. The molecule has 0 bridgehead atoms. The Bertz CT molecular complexity index is 653. The average Bonchev–Trinajstić information content (AvgIpc) is 3.08. The van der Waals surface area contributed by atoms with Crippen LogP contribution in [0.3, 0.4) is 0 Å². The van der Waals surface area contributed by atoms with Gasteiger partial charge in [-0.2, -0.15) is 12.6 Å². The zero-order valence-corrected chi connectivity index (χ0v) is 12.5. The van der Waals surface area contributed by atoms with E-state index in [-0.39, 0.29) is 6.61 Å². The first-order valence-electron chi connectivity index (χ1n) is 6.82. The van der Waals surface area contributed by atoms with E-state index in [1.54, 1.807) is 0 Å². The van der Waals surface area contributed by atoms with E-state index in [0.717, 1.165) is 0 Å². The number of nitrogens with zero attached hydrogens (tertiary/aromatic N) is 4. The highest BCUT2D eigenvalue weighted by molar-refractivity contribution is 7.80. The van der Waals surface area contributed by atoms with Crippen LogP contribution in [0, 0.1) is 0 Å². The molecule has 1 fully saturated rings. The molecule has 1 saturated heterocycles. The van der Waals surface area contributed by atoms with Gasteiger partial charge in [-0.3, -0.25) is 4.57 Å². The minimum atomic E-state index is -1.18. The lowest BCUT2D eigenvalue weighted by Gasteiger charge is -2.16. The summed E-state index contributed by atoms with van der Waals surface area (Å²) in [6.45, 7) is 0.237. The summed E-state index contributed by atoms with van der Waals surface area (Å²) >= 11 is 4.13. The van der Waals surface area contributed by atoms with Crippen molar-refractivity contribution in [3.63, 3.8) is 0 Å². The van der Waals surface area contributed by atoms with Gasteiger partial charge >= 0.3 is 0 Å². The number of anilines is 1. The van der Waals surface area contributed by atoms with Crippen molar-refractivity contribution in [2.75, 3.05) is 24.2 Å². The Kier molecular flexibility index (Phi) is 4.45. The molecule has 2 aromatic heterocycles. The first-order valence-corrected chi connectivity index (χ1v) is 7.45. The number of imidazole rings is 1. The van der Waals surface area contributed by atoms with Crippen LogP contribution >= 0.6 is 12.6 Å². The predicted molar refractivity (Wildman–Crippen MR) is 80.7 cm³/mol. The van der Waals surface area contributed by atoms with Crippen LogP contribution < -0.4 is 5.32 Å². The van der Waals surface area contributed by atoms with Crippen LogP contribution in [-0.4, -0.2) is 72.1 Å². The second-order valence-corrected chi connectivity index (χ2v) is 5.37. The predicted octanol–water partition coefficient (Wildman–Crippen LogP) is -1.22. The number of aliphatic hydroxyl groups excluding tert-OH is 3. The number of nitrogens with one attached hydrogen (secondary N) is 1.